The highest BCUT2D eigenvalue weighted by Gasteiger charge is 2.43. The van der Waals surface area contributed by atoms with Gasteiger partial charge in [-0.2, -0.15) is 0 Å². The summed E-state index contributed by atoms with van der Waals surface area (Å²) in [5, 5.41) is 0. The maximum atomic E-state index is 5.87. The van der Waals surface area contributed by atoms with E-state index in [1.54, 1.807) is 0 Å². The summed E-state index contributed by atoms with van der Waals surface area (Å²) < 4.78 is 0. The minimum absolute atomic E-state index is 0.337. The predicted octanol–water partition coefficient (Wildman–Crippen LogP) is 1.70. The van der Waals surface area contributed by atoms with Crippen LogP contribution in [0.2, 0.25) is 0 Å². The Kier molecular flexibility index (Phi) is 3.36. The van der Waals surface area contributed by atoms with E-state index in [4.69, 9.17) is 5.73 Å². The molecule has 0 aromatic carbocycles. The Morgan fingerprint density at radius 1 is 1.46 bits per heavy atom. The molecule has 1 saturated carbocycles. The van der Waals surface area contributed by atoms with Crippen LogP contribution in [0.15, 0.2) is 0 Å². The van der Waals surface area contributed by atoms with Crippen molar-refractivity contribution in [1.29, 1.82) is 0 Å². The molecule has 0 aliphatic heterocycles. The van der Waals surface area contributed by atoms with Crippen LogP contribution >= 0.6 is 0 Å². The Morgan fingerprint density at radius 3 is 2.31 bits per heavy atom. The zero-order chi connectivity index (χ0) is 10.1. The van der Waals surface area contributed by atoms with Gasteiger partial charge >= 0.3 is 0 Å². The van der Waals surface area contributed by atoms with Crippen LogP contribution in [0.25, 0.3) is 0 Å². The molecular formula is C11H24N2. The highest BCUT2D eigenvalue weighted by molar-refractivity contribution is 5.01. The zero-order valence-corrected chi connectivity index (χ0v) is 9.51. The Labute approximate surface area is 82.5 Å². The van der Waals surface area contributed by atoms with Crippen molar-refractivity contribution in [2.45, 2.75) is 39.2 Å². The lowest BCUT2D eigenvalue weighted by Gasteiger charge is -2.52. The first-order chi connectivity index (χ1) is 6.00. The molecule has 0 heterocycles. The lowest BCUT2D eigenvalue weighted by Crippen LogP contribution is -2.60. The summed E-state index contributed by atoms with van der Waals surface area (Å²) >= 11 is 0. The van der Waals surface area contributed by atoms with Gasteiger partial charge in [0.15, 0.2) is 0 Å². The van der Waals surface area contributed by atoms with E-state index in [1.165, 1.54) is 19.4 Å². The van der Waals surface area contributed by atoms with Crippen LogP contribution in [0.5, 0.6) is 0 Å². The van der Waals surface area contributed by atoms with E-state index in [9.17, 15) is 0 Å². The highest BCUT2D eigenvalue weighted by Crippen LogP contribution is 2.40. The van der Waals surface area contributed by atoms with Crippen molar-refractivity contribution in [3.63, 3.8) is 0 Å². The summed E-state index contributed by atoms with van der Waals surface area (Å²) in [4.78, 5) is 2.47. The Bertz CT molecular complexity index is 159. The van der Waals surface area contributed by atoms with Crippen LogP contribution in [0.4, 0.5) is 0 Å². The number of hydrogen-bond acceptors (Lipinski definition) is 2. The molecule has 1 fully saturated rings. The van der Waals surface area contributed by atoms with Gasteiger partial charge in [-0.15, -0.1) is 0 Å². The summed E-state index contributed by atoms with van der Waals surface area (Å²) in [7, 11) is 2.22. The topological polar surface area (TPSA) is 29.3 Å². The van der Waals surface area contributed by atoms with Crippen LogP contribution in [0.3, 0.4) is 0 Å². The number of rotatable bonds is 4. The molecule has 0 spiro atoms. The molecule has 0 unspecified atom stereocenters. The molecule has 2 N–H and O–H groups in total. The fraction of sp³-hybridized carbons (Fsp3) is 1.00. The molecule has 13 heavy (non-hydrogen) atoms. The van der Waals surface area contributed by atoms with Crippen LogP contribution in [-0.4, -0.2) is 30.6 Å². The van der Waals surface area contributed by atoms with Gasteiger partial charge in [0.25, 0.3) is 0 Å². The normalized spacial score (nSPS) is 33.9. The van der Waals surface area contributed by atoms with Gasteiger partial charge < -0.3 is 5.73 Å². The van der Waals surface area contributed by atoms with Crippen LogP contribution in [0.1, 0.15) is 33.6 Å². The van der Waals surface area contributed by atoms with Gasteiger partial charge in [-0.1, -0.05) is 20.8 Å². The van der Waals surface area contributed by atoms with E-state index in [0.717, 1.165) is 18.4 Å². The average molecular weight is 184 g/mol. The van der Waals surface area contributed by atoms with E-state index in [-0.39, 0.29) is 0 Å². The van der Waals surface area contributed by atoms with Crippen molar-refractivity contribution < 1.29 is 0 Å². The molecule has 0 aromatic heterocycles. The molecule has 1 aliphatic rings. The molecule has 0 bridgehead atoms. The van der Waals surface area contributed by atoms with Crippen molar-refractivity contribution in [3.8, 4) is 0 Å². The van der Waals surface area contributed by atoms with E-state index < -0.39 is 0 Å². The Hall–Kier alpha value is -0.0800. The second-order valence-electron chi connectivity index (χ2n) is 5.22. The van der Waals surface area contributed by atoms with Gasteiger partial charge in [-0.25, -0.2) is 0 Å². The lowest BCUT2D eigenvalue weighted by atomic mass is 9.68. The molecule has 78 valence electrons. The third kappa shape index (κ3) is 2.23. The maximum absolute atomic E-state index is 5.87. The van der Waals surface area contributed by atoms with Gasteiger partial charge in [0.2, 0.25) is 0 Å². The van der Waals surface area contributed by atoms with Crippen LogP contribution in [-0.2, 0) is 0 Å². The van der Waals surface area contributed by atoms with Crippen molar-refractivity contribution in [1.82, 2.24) is 4.90 Å². The number of likely N-dealkylation sites (N-methyl/N-ethyl adjacent to an activating group) is 1. The Balaban J connectivity index is 2.47. The quantitative estimate of drug-likeness (QED) is 0.720. The molecule has 0 radical (unpaired) electrons. The smallest absolute Gasteiger partial charge is 0.0333 e. The summed E-state index contributed by atoms with van der Waals surface area (Å²) in [6.07, 6.45) is 2.57. The molecule has 1 rings (SSSR count). The number of nitrogens with two attached hydrogens (primary N) is 1. The van der Waals surface area contributed by atoms with Crippen molar-refractivity contribution in [3.05, 3.63) is 0 Å². The Morgan fingerprint density at radius 2 is 2.00 bits per heavy atom. The molecule has 2 heteroatoms. The third-order valence-electron chi connectivity index (χ3n) is 3.29. The minimum atomic E-state index is 0.337. The van der Waals surface area contributed by atoms with E-state index in [1.807, 2.05) is 0 Å². The third-order valence-corrected chi connectivity index (χ3v) is 3.29. The summed E-state index contributed by atoms with van der Waals surface area (Å²) in [5.74, 6) is 1.61. The van der Waals surface area contributed by atoms with Crippen LogP contribution < -0.4 is 5.73 Å². The summed E-state index contributed by atoms with van der Waals surface area (Å²) in [6, 6.07) is 0. The first kappa shape index (κ1) is 11.0. The van der Waals surface area contributed by atoms with E-state index >= 15 is 0 Å². The molecule has 0 atom stereocenters. The molecule has 0 amide bonds. The summed E-state index contributed by atoms with van der Waals surface area (Å²) in [6.45, 7) is 8.84. The largest absolute Gasteiger partial charge is 0.329 e. The molecule has 2 nitrogen and oxygen atoms in total. The zero-order valence-electron chi connectivity index (χ0n) is 9.51. The predicted molar refractivity (Wildman–Crippen MR) is 57.7 cm³/mol. The van der Waals surface area contributed by atoms with Gasteiger partial charge in [0.1, 0.15) is 0 Å². The van der Waals surface area contributed by atoms with Crippen molar-refractivity contribution in [2.75, 3.05) is 20.1 Å². The molecule has 1 aliphatic carbocycles. The monoisotopic (exact) mass is 184 g/mol. The van der Waals surface area contributed by atoms with Crippen molar-refractivity contribution in [2.24, 2.45) is 17.6 Å². The fourth-order valence-electron chi connectivity index (χ4n) is 2.61. The first-order valence-electron chi connectivity index (χ1n) is 5.41. The van der Waals surface area contributed by atoms with Gasteiger partial charge in [-0.05, 0) is 31.7 Å². The SMILES string of the molecule is CC(C)CN(C)C1(CN)CC(C)C1. The van der Waals surface area contributed by atoms with E-state index in [0.29, 0.717) is 5.54 Å². The van der Waals surface area contributed by atoms with E-state index in [2.05, 4.69) is 32.7 Å². The second-order valence-corrected chi connectivity index (χ2v) is 5.22. The average Bonchev–Trinajstić information content (AvgIpc) is 1.96. The lowest BCUT2D eigenvalue weighted by molar-refractivity contribution is -0.000883. The van der Waals surface area contributed by atoms with Crippen LogP contribution in [0, 0.1) is 11.8 Å². The first-order valence-corrected chi connectivity index (χ1v) is 5.41. The number of hydrogen-bond donors (Lipinski definition) is 1. The summed E-state index contributed by atoms with van der Waals surface area (Å²) in [5.41, 5.74) is 6.20. The van der Waals surface area contributed by atoms with Gasteiger partial charge in [-0.3, -0.25) is 4.90 Å². The van der Waals surface area contributed by atoms with Gasteiger partial charge in [0.05, 0.1) is 0 Å². The maximum Gasteiger partial charge on any atom is 0.0333 e. The molecular weight excluding hydrogens is 160 g/mol. The van der Waals surface area contributed by atoms with Gasteiger partial charge in [0, 0.05) is 18.6 Å². The standard InChI is InChI=1S/C11H24N2/c1-9(2)7-13(4)11(8-12)5-10(3)6-11/h9-10H,5-8,12H2,1-4H3. The fourth-order valence-corrected chi connectivity index (χ4v) is 2.61. The minimum Gasteiger partial charge on any atom is -0.329 e. The second kappa shape index (κ2) is 3.97. The molecule has 0 saturated heterocycles. The molecule has 0 aromatic rings. The highest BCUT2D eigenvalue weighted by atomic mass is 15.2. The van der Waals surface area contributed by atoms with Crippen molar-refractivity contribution >= 4 is 0 Å². The number of nitrogens with zero attached hydrogens (tertiary/aromatic N) is 1.